The Morgan fingerprint density at radius 1 is 1.28 bits per heavy atom. The van der Waals surface area contributed by atoms with Crippen molar-refractivity contribution in [2.75, 3.05) is 20.1 Å². The zero-order chi connectivity index (χ0) is 22.6. The zero-order valence-electron chi connectivity index (χ0n) is 19.2. The van der Waals surface area contributed by atoms with Crippen LogP contribution in [0.25, 0.3) is 10.9 Å². The average Bonchev–Trinajstić information content (AvgIpc) is 3.16. The van der Waals surface area contributed by atoms with E-state index in [0.29, 0.717) is 30.0 Å². The number of hydrogen-bond donors (Lipinski definition) is 2. The van der Waals surface area contributed by atoms with E-state index >= 15 is 0 Å². The van der Waals surface area contributed by atoms with Gasteiger partial charge in [-0.2, -0.15) is 0 Å². The highest BCUT2D eigenvalue weighted by molar-refractivity contribution is 9.10. The van der Waals surface area contributed by atoms with Gasteiger partial charge >= 0.3 is 0 Å². The minimum absolute atomic E-state index is 0.0581. The first-order valence-electron chi connectivity index (χ1n) is 11.4. The second-order valence-electron chi connectivity index (χ2n) is 10.6. The largest absolute Gasteiger partial charge is 0.361 e. The van der Waals surface area contributed by atoms with E-state index in [-0.39, 0.29) is 11.3 Å². The topological polar surface area (TPSA) is 61.0 Å². The molecule has 1 amide bonds. The molecule has 1 aromatic carbocycles. The molecule has 2 aliphatic rings. The van der Waals surface area contributed by atoms with Crippen LogP contribution < -0.4 is 5.32 Å². The molecule has 1 aliphatic carbocycles. The number of fused-ring (bicyclic) bond motifs is 2. The Kier molecular flexibility index (Phi) is 5.41. The number of hydrogen-bond acceptors (Lipinski definition) is 3. The lowest BCUT2D eigenvalue weighted by atomic mass is 9.71. The Morgan fingerprint density at radius 2 is 2.09 bits per heavy atom. The first-order valence-corrected chi connectivity index (χ1v) is 12.2. The van der Waals surface area contributed by atoms with Crippen molar-refractivity contribution in [1.82, 2.24) is 20.2 Å². The molecular formula is C26H31BrN4O. The Labute approximate surface area is 198 Å². The van der Waals surface area contributed by atoms with Gasteiger partial charge in [0.1, 0.15) is 0 Å². The quantitative estimate of drug-likeness (QED) is 0.537. The molecular weight excluding hydrogens is 464 g/mol. The van der Waals surface area contributed by atoms with Crippen LogP contribution in [-0.2, 0) is 11.8 Å². The Balaban J connectivity index is 1.40. The second-order valence-corrected chi connectivity index (χ2v) is 11.5. The Morgan fingerprint density at radius 3 is 2.84 bits per heavy atom. The fraction of sp³-hybridized carbons (Fsp3) is 0.462. The highest BCUT2D eigenvalue weighted by atomic mass is 79.9. The number of aromatic amines is 1. The third kappa shape index (κ3) is 3.88. The number of piperidine rings is 1. The number of nitrogens with zero attached hydrogens (tertiary/aromatic N) is 2. The van der Waals surface area contributed by atoms with Gasteiger partial charge in [-0.05, 0) is 76.0 Å². The summed E-state index contributed by atoms with van der Waals surface area (Å²) in [5.41, 5.74) is 6.27. The minimum atomic E-state index is -0.0581. The third-order valence-electron chi connectivity index (χ3n) is 7.27. The number of carbonyl (C=O) groups excluding carboxylic acids is 1. The number of amides is 1. The van der Waals surface area contributed by atoms with Crippen molar-refractivity contribution in [2.24, 2.45) is 5.92 Å². The van der Waals surface area contributed by atoms with Crippen LogP contribution in [0.1, 0.15) is 60.2 Å². The van der Waals surface area contributed by atoms with Crippen molar-refractivity contribution in [3.05, 3.63) is 63.5 Å². The fourth-order valence-electron chi connectivity index (χ4n) is 5.58. The first kappa shape index (κ1) is 21.7. The Bertz CT molecular complexity index is 1180. The van der Waals surface area contributed by atoms with E-state index in [2.05, 4.69) is 82.3 Å². The van der Waals surface area contributed by atoms with Crippen molar-refractivity contribution in [3.8, 4) is 0 Å². The van der Waals surface area contributed by atoms with Gasteiger partial charge in [0.15, 0.2) is 0 Å². The van der Waals surface area contributed by atoms with E-state index in [4.69, 9.17) is 0 Å². The summed E-state index contributed by atoms with van der Waals surface area (Å²) in [6.07, 6.45) is 7.71. The number of aromatic nitrogens is 2. The molecule has 2 aromatic heterocycles. The smallest absolute Gasteiger partial charge is 0.252 e. The van der Waals surface area contributed by atoms with Crippen LogP contribution in [0.15, 0.2) is 41.3 Å². The maximum atomic E-state index is 12.7. The van der Waals surface area contributed by atoms with Gasteiger partial charge in [0.25, 0.3) is 5.91 Å². The molecule has 0 radical (unpaired) electrons. The van der Waals surface area contributed by atoms with E-state index in [1.165, 1.54) is 27.6 Å². The molecule has 3 atom stereocenters. The van der Waals surface area contributed by atoms with Crippen LogP contribution in [0.2, 0.25) is 0 Å². The van der Waals surface area contributed by atoms with E-state index in [1.807, 2.05) is 6.07 Å². The second kappa shape index (κ2) is 7.99. The molecule has 0 saturated carbocycles. The summed E-state index contributed by atoms with van der Waals surface area (Å²) in [7, 11) is 2.24. The highest BCUT2D eigenvalue weighted by Gasteiger charge is 2.40. The molecule has 168 valence electrons. The molecule has 1 fully saturated rings. The number of benzene rings is 1. The highest BCUT2D eigenvalue weighted by Crippen LogP contribution is 2.45. The number of H-pyrrole nitrogens is 1. The molecule has 0 bridgehead atoms. The fourth-order valence-corrected chi connectivity index (χ4v) is 5.95. The van der Waals surface area contributed by atoms with Crippen LogP contribution >= 0.6 is 15.9 Å². The third-order valence-corrected chi connectivity index (χ3v) is 7.70. The monoisotopic (exact) mass is 494 g/mol. The lowest BCUT2D eigenvalue weighted by Crippen LogP contribution is -2.50. The molecule has 2 N–H and O–H groups in total. The lowest BCUT2D eigenvalue weighted by Gasteiger charge is -2.46. The number of nitrogens with one attached hydrogen (secondary N) is 2. The van der Waals surface area contributed by atoms with Gasteiger partial charge < -0.3 is 15.2 Å². The molecule has 1 unspecified atom stereocenters. The number of rotatable bonds is 3. The molecule has 6 heteroatoms. The lowest BCUT2D eigenvalue weighted by molar-refractivity contribution is 0.0890. The molecule has 5 nitrogen and oxygen atoms in total. The van der Waals surface area contributed by atoms with Crippen LogP contribution in [0.3, 0.4) is 0 Å². The van der Waals surface area contributed by atoms with Gasteiger partial charge in [0, 0.05) is 59.0 Å². The molecule has 5 rings (SSSR count). The molecule has 1 aliphatic heterocycles. The van der Waals surface area contributed by atoms with Crippen molar-refractivity contribution < 1.29 is 4.79 Å². The molecule has 1 saturated heterocycles. The van der Waals surface area contributed by atoms with E-state index in [1.54, 1.807) is 12.4 Å². The number of pyridine rings is 1. The summed E-state index contributed by atoms with van der Waals surface area (Å²) in [4.78, 5) is 22.8. The van der Waals surface area contributed by atoms with Gasteiger partial charge in [0.2, 0.25) is 0 Å². The first-order chi connectivity index (χ1) is 15.2. The number of carbonyl (C=O) groups is 1. The summed E-state index contributed by atoms with van der Waals surface area (Å²) in [5, 5.41) is 4.58. The van der Waals surface area contributed by atoms with Crippen LogP contribution in [0, 0.1) is 5.92 Å². The normalized spacial score (nSPS) is 23.2. The van der Waals surface area contributed by atoms with Crippen molar-refractivity contribution in [2.45, 2.75) is 51.0 Å². The van der Waals surface area contributed by atoms with Crippen LogP contribution in [0.4, 0.5) is 0 Å². The standard InChI is InChI=1S/C26H31BrN4O/c1-26(2,3)18-8-21-20-5-15(10-30-25(32)17-6-19(27)13-28-11-17)14-31(4)23(20)7-16-12-29-22(9-18)24(16)21/h6,8-9,11-13,15,20,23,29H,5,7,10,14H2,1-4H3,(H,30,32)/t15-,20?,23+/m0/s1. The van der Waals surface area contributed by atoms with Crippen molar-refractivity contribution in [3.63, 3.8) is 0 Å². The summed E-state index contributed by atoms with van der Waals surface area (Å²) < 4.78 is 0.817. The number of likely N-dealkylation sites (tertiary alicyclic amines) is 1. The maximum absolute atomic E-state index is 12.7. The number of halogens is 1. The molecule has 0 spiro atoms. The predicted octanol–water partition coefficient (Wildman–Crippen LogP) is 5.01. The summed E-state index contributed by atoms with van der Waals surface area (Å²) in [6.45, 7) is 8.54. The number of likely N-dealkylation sites (N-methyl/N-ethyl adjacent to an activating group) is 1. The summed E-state index contributed by atoms with van der Waals surface area (Å²) in [5.74, 6) is 0.840. The van der Waals surface area contributed by atoms with E-state index < -0.39 is 0 Å². The summed E-state index contributed by atoms with van der Waals surface area (Å²) >= 11 is 3.40. The van der Waals surface area contributed by atoms with Gasteiger partial charge in [-0.25, -0.2) is 0 Å². The molecule has 3 aromatic rings. The van der Waals surface area contributed by atoms with E-state index in [0.717, 1.165) is 23.9 Å². The molecule has 32 heavy (non-hydrogen) atoms. The van der Waals surface area contributed by atoms with Crippen LogP contribution in [0.5, 0.6) is 0 Å². The Hall–Kier alpha value is -2.18. The SMILES string of the molecule is CN1C[C@H](CNC(=O)c2cncc(Br)c2)CC2c3cc(C(C)(C)C)cc4[nH]cc(c34)C[C@H]21. The van der Waals surface area contributed by atoms with Gasteiger partial charge in [-0.1, -0.05) is 26.8 Å². The van der Waals surface area contributed by atoms with Gasteiger partial charge in [-0.15, -0.1) is 0 Å². The van der Waals surface area contributed by atoms with Crippen LogP contribution in [-0.4, -0.2) is 47.0 Å². The molecule has 3 heterocycles. The van der Waals surface area contributed by atoms with Crippen molar-refractivity contribution >= 4 is 32.7 Å². The van der Waals surface area contributed by atoms with Gasteiger partial charge in [-0.3, -0.25) is 9.78 Å². The maximum Gasteiger partial charge on any atom is 0.252 e. The van der Waals surface area contributed by atoms with E-state index in [9.17, 15) is 4.79 Å². The minimum Gasteiger partial charge on any atom is -0.361 e. The van der Waals surface area contributed by atoms with Crippen molar-refractivity contribution in [1.29, 1.82) is 0 Å². The van der Waals surface area contributed by atoms with Gasteiger partial charge in [0.05, 0.1) is 5.56 Å². The predicted molar refractivity (Wildman–Crippen MR) is 132 cm³/mol. The summed E-state index contributed by atoms with van der Waals surface area (Å²) in [6, 6.07) is 7.12. The zero-order valence-corrected chi connectivity index (χ0v) is 20.8. The average molecular weight is 495 g/mol.